The zero-order valence-electron chi connectivity index (χ0n) is 21.8. The predicted molar refractivity (Wildman–Crippen MR) is 142 cm³/mol. The van der Waals surface area contributed by atoms with Gasteiger partial charge in [0.25, 0.3) is 0 Å². The van der Waals surface area contributed by atoms with Gasteiger partial charge in [-0.05, 0) is 80.7 Å². The van der Waals surface area contributed by atoms with E-state index >= 15 is 0 Å². The Morgan fingerprint density at radius 2 is 1.78 bits per heavy atom. The Labute approximate surface area is 213 Å². The van der Waals surface area contributed by atoms with Crippen LogP contribution in [0.25, 0.3) is 0 Å². The molecule has 8 nitrogen and oxygen atoms in total. The number of ether oxygens (including phenoxy) is 2. The van der Waals surface area contributed by atoms with Gasteiger partial charge in [-0.2, -0.15) is 4.98 Å². The molecule has 2 heterocycles. The van der Waals surface area contributed by atoms with Crippen LogP contribution in [-0.2, 0) is 17.6 Å². The SMILES string of the molecule is COC1(N(C)C)CC(Oc2ccc(Nc3nccc(Nc4cnc5c(c4)CCC(C)(C)C5)n3)cc2)C1. The van der Waals surface area contributed by atoms with Crippen molar-refractivity contribution >= 4 is 23.1 Å². The molecule has 1 fully saturated rings. The zero-order valence-corrected chi connectivity index (χ0v) is 21.8. The summed E-state index contributed by atoms with van der Waals surface area (Å²) in [5.41, 5.74) is 4.49. The van der Waals surface area contributed by atoms with Crippen LogP contribution in [0.4, 0.5) is 23.1 Å². The van der Waals surface area contributed by atoms with Gasteiger partial charge in [0.05, 0.1) is 11.9 Å². The molecule has 36 heavy (non-hydrogen) atoms. The second-order valence-corrected chi connectivity index (χ2v) is 10.9. The molecule has 0 aliphatic heterocycles. The Bertz CT molecular complexity index is 1200. The first-order valence-electron chi connectivity index (χ1n) is 12.6. The monoisotopic (exact) mass is 488 g/mol. The minimum Gasteiger partial charge on any atom is -0.490 e. The summed E-state index contributed by atoms with van der Waals surface area (Å²) in [7, 11) is 5.84. The fourth-order valence-corrected chi connectivity index (χ4v) is 5.02. The van der Waals surface area contributed by atoms with E-state index in [4.69, 9.17) is 14.5 Å². The molecule has 0 bridgehead atoms. The molecule has 0 spiro atoms. The molecule has 2 N–H and O–H groups in total. The number of benzene rings is 1. The minimum absolute atomic E-state index is 0.154. The van der Waals surface area contributed by atoms with Gasteiger partial charge in [0.2, 0.25) is 5.95 Å². The molecule has 190 valence electrons. The van der Waals surface area contributed by atoms with Crippen LogP contribution < -0.4 is 15.4 Å². The summed E-state index contributed by atoms with van der Waals surface area (Å²) in [6.07, 6.45) is 8.76. The summed E-state index contributed by atoms with van der Waals surface area (Å²) < 4.78 is 11.8. The Hall–Kier alpha value is -3.23. The maximum absolute atomic E-state index is 6.12. The van der Waals surface area contributed by atoms with Gasteiger partial charge < -0.3 is 20.1 Å². The average molecular weight is 489 g/mol. The number of hydrogen-bond donors (Lipinski definition) is 2. The van der Waals surface area contributed by atoms with Crippen LogP contribution in [0.3, 0.4) is 0 Å². The minimum atomic E-state index is -0.214. The van der Waals surface area contributed by atoms with E-state index < -0.39 is 0 Å². The summed E-state index contributed by atoms with van der Waals surface area (Å²) in [5.74, 6) is 2.09. The molecule has 3 aromatic rings. The highest BCUT2D eigenvalue weighted by molar-refractivity contribution is 5.60. The van der Waals surface area contributed by atoms with Crippen molar-refractivity contribution in [3.63, 3.8) is 0 Å². The standard InChI is InChI=1S/C28H36N6O2/c1-27(2)12-10-19-14-21(18-30-24(19)17-27)31-25-11-13-29-26(33-25)32-20-6-8-22(9-7-20)36-23-15-28(16-23,35-5)34(3)4/h6-9,11,13-14,18,23H,10,12,15-17H2,1-5H3,(H2,29,31,32,33). The molecule has 0 amide bonds. The molecule has 8 heteroatoms. The van der Waals surface area contributed by atoms with Crippen LogP contribution in [0.15, 0.2) is 48.8 Å². The number of nitrogens with zero attached hydrogens (tertiary/aromatic N) is 4. The smallest absolute Gasteiger partial charge is 0.229 e. The predicted octanol–water partition coefficient (Wildman–Crippen LogP) is 5.32. The molecular formula is C28H36N6O2. The van der Waals surface area contributed by atoms with Crippen LogP contribution in [0.5, 0.6) is 5.75 Å². The first-order valence-corrected chi connectivity index (χ1v) is 12.6. The highest BCUT2D eigenvalue weighted by Crippen LogP contribution is 2.39. The van der Waals surface area contributed by atoms with Gasteiger partial charge in [0.15, 0.2) is 0 Å². The molecule has 0 atom stereocenters. The Kier molecular flexibility index (Phi) is 6.57. The quantitative estimate of drug-likeness (QED) is 0.412. The molecule has 0 unspecified atom stereocenters. The molecule has 2 aromatic heterocycles. The molecule has 1 aromatic carbocycles. The molecule has 2 aliphatic carbocycles. The fourth-order valence-electron chi connectivity index (χ4n) is 5.02. The highest BCUT2D eigenvalue weighted by atomic mass is 16.5. The van der Waals surface area contributed by atoms with Gasteiger partial charge in [-0.1, -0.05) is 13.8 Å². The maximum Gasteiger partial charge on any atom is 0.229 e. The molecule has 2 aliphatic rings. The van der Waals surface area contributed by atoms with Crippen molar-refractivity contribution in [2.24, 2.45) is 5.41 Å². The Balaban J connectivity index is 1.18. The van der Waals surface area contributed by atoms with Crippen LogP contribution in [-0.4, -0.2) is 52.9 Å². The number of nitrogens with one attached hydrogen (secondary N) is 2. The summed E-state index contributed by atoms with van der Waals surface area (Å²) in [6.45, 7) is 4.62. The van der Waals surface area contributed by atoms with Crippen molar-refractivity contribution in [3.05, 3.63) is 60.0 Å². The number of aromatic nitrogens is 3. The molecular weight excluding hydrogens is 452 g/mol. The lowest BCUT2D eigenvalue weighted by Gasteiger charge is -2.50. The average Bonchev–Trinajstić information content (AvgIpc) is 2.82. The second kappa shape index (κ2) is 9.67. The van der Waals surface area contributed by atoms with Crippen LogP contribution in [0.2, 0.25) is 0 Å². The van der Waals surface area contributed by atoms with Crippen molar-refractivity contribution in [1.82, 2.24) is 19.9 Å². The van der Waals surface area contributed by atoms with E-state index in [9.17, 15) is 0 Å². The summed E-state index contributed by atoms with van der Waals surface area (Å²) >= 11 is 0. The normalized spacial score (nSPS) is 22.4. The molecule has 0 radical (unpaired) electrons. The highest BCUT2D eigenvalue weighted by Gasteiger charge is 2.48. The third-order valence-corrected chi connectivity index (χ3v) is 7.41. The van der Waals surface area contributed by atoms with Crippen molar-refractivity contribution in [2.45, 2.75) is 57.8 Å². The largest absolute Gasteiger partial charge is 0.490 e. The van der Waals surface area contributed by atoms with Crippen LogP contribution in [0.1, 0.15) is 44.4 Å². The molecule has 1 saturated carbocycles. The first kappa shape index (κ1) is 24.5. The Morgan fingerprint density at radius 1 is 1.00 bits per heavy atom. The van der Waals surface area contributed by atoms with E-state index in [0.29, 0.717) is 11.4 Å². The van der Waals surface area contributed by atoms with E-state index in [1.807, 2.05) is 50.6 Å². The fraction of sp³-hybridized carbons (Fsp3) is 0.464. The van der Waals surface area contributed by atoms with E-state index in [-0.39, 0.29) is 11.8 Å². The zero-order chi connectivity index (χ0) is 25.3. The van der Waals surface area contributed by atoms with Gasteiger partial charge in [-0.25, -0.2) is 4.98 Å². The number of rotatable bonds is 8. The number of hydrogen-bond acceptors (Lipinski definition) is 8. The lowest BCUT2D eigenvalue weighted by Crippen LogP contribution is -2.59. The topological polar surface area (TPSA) is 84.4 Å². The van der Waals surface area contributed by atoms with Crippen molar-refractivity contribution in [1.29, 1.82) is 0 Å². The van der Waals surface area contributed by atoms with Crippen LogP contribution in [0, 0.1) is 5.41 Å². The van der Waals surface area contributed by atoms with Crippen molar-refractivity contribution < 1.29 is 9.47 Å². The van der Waals surface area contributed by atoms with E-state index in [1.54, 1.807) is 13.3 Å². The first-order chi connectivity index (χ1) is 17.2. The molecule has 0 saturated heterocycles. The number of aryl methyl sites for hydroxylation is 1. The number of methoxy groups -OCH3 is 1. The van der Waals surface area contributed by atoms with E-state index in [1.165, 1.54) is 17.7 Å². The number of fused-ring (bicyclic) bond motifs is 1. The number of pyridine rings is 1. The van der Waals surface area contributed by atoms with Crippen molar-refractivity contribution in [3.8, 4) is 5.75 Å². The van der Waals surface area contributed by atoms with Gasteiger partial charge in [0.1, 0.15) is 23.4 Å². The van der Waals surface area contributed by atoms with Crippen molar-refractivity contribution in [2.75, 3.05) is 31.8 Å². The second-order valence-electron chi connectivity index (χ2n) is 10.9. The van der Waals surface area contributed by atoms with Crippen LogP contribution >= 0.6 is 0 Å². The van der Waals surface area contributed by atoms with Gasteiger partial charge >= 0.3 is 0 Å². The van der Waals surface area contributed by atoms with Gasteiger partial charge in [0, 0.05) is 37.5 Å². The Morgan fingerprint density at radius 3 is 2.50 bits per heavy atom. The third-order valence-electron chi connectivity index (χ3n) is 7.41. The summed E-state index contributed by atoms with van der Waals surface area (Å²) in [6, 6.07) is 11.9. The summed E-state index contributed by atoms with van der Waals surface area (Å²) in [5, 5.41) is 6.65. The van der Waals surface area contributed by atoms with E-state index in [0.717, 1.165) is 48.6 Å². The molecule has 5 rings (SSSR count). The summed E-state index contributed by atoms with van der Waals surface area (Å²) in [4.78, 5) is 15.8. The third kappa shape index (κ3) is 5.29. The van der Waals surface area contributed by atoms with Gasteiger partial charge in [-0.15, -0.1) is 0 Å². The van der Waals surface area contributed by atoms with E-state index in [2.05, 4.69) is 45.4 Å². The lowest BCUT2D eigenvalue weighted by molar-refractivity contribution is -0.204. The lowest BCUT2D eigenvalue weighted by atomic mass is 9.76. The number of anilines is 4. The maximum atomic E-state index is 6.12. The van der Waals surface area contributed by atoms with Gasteiger partial charge in [-0.3, -0.25) is 9.88 Å².